The molecule has 2 aliphatic rings. The van der Waals surface area contributed by atoms with Gasteiger partial charge in [-0.25, -0.2) is 9.18 Å². The van der Waals surface area contributed by atoms with Crippen LogP contribution in [0.25, 0.3) is 0 Å². The Hall–Kier alpha value is -3.73. The summed E-state index contributed by atoms with van der Waals surface area (Å²) in [6, 6.07) is 14.5. The highest BCUT2D eigenvalue weighted by Gasteiger charge is 2.59. The van der Waals surface area contributed by atoms with Crippen LogP contribution in [0.3, 0.4) is 0 Å². The van der Waals surface area contributed by atoms with Crippen LogP contribution >= 0.6 is 11.8 Å². The minimum Gasteiger partial charge on any atom is -0.497 e. The predicted octanol–water partition coefficient (Wildman–Crippen LogP) is 5.83. The van der Waals surface area contributed by atoms with Crippen molar-refractivity contribution in [3.05, 3.63) is 89.2 Å². The van der Waals surface area contributed by atoms with Crippen molar-refractivity contribution in [3.8, 4) is 5.75 Å². The molecule has 11 heteroatoms. The Morgan fingerprint density at radius 2 is 1.78 bits per heavy atom. The van der Waals surface area contributed by atoms with Gasteiger partial charge in [-0.1, -0.05) is 12.1 Å². The van der Waals surface area contributed by atoms with E-state index in [1.807, 2.05) is 0 Å². The average Bonchev–Trinajstić information content (AvgIpc) is 3.42. The number of benzene rings is 3. The highest BCUT2D eigenvalue weighted by Crippen LogP contribution is 2.55. The van der Waals surface area contributed by atoms with E-state index in [0.717, 1.165) is 12.1 Å². The van der Waals surface area contributed by atoms with Crippen LogP contribution in [0.5, 0.6) is 5.75 Å². The number of thioether (sulfide) groups is 1. The zero-order valence-corrected chi connectivity index (χ0v) is 20.3. The monoisotopic (exact) mass is 531 g/mol. The Morgan fingerprint density at radius 3 is 2.43 bits per heavy atom. The number of rotatable bonds is 4. The Labute approximate surface area is 214 Å². The van der Waals surface area contributed by atoms with Crippen molar-refractivity contribution in [2.24, 2.45) is 0 Å². The van der Waals surface area contributed by atoms with Crippen LogP contribution in [0.4, 0.5) is 33.7 Å². The van der Waals surface area contributed by atoms with Gasteiger partial charge in [0, 0.05) is 23.5 Å². The van der Waals surface area contributed by atoms with Crippen LogP contribution in [0, 0.1) is 5.82 Å². The molecule has 5 rings (SSSR count). The Morgan fingerprint density at radius 1 is 1.08 bits per heavy atom. The summed E-state index contributed by atoms with van der Waals surface area (Å²) in [7, 11) is 1.49. The van der Waals surface area contributed by atoms with E-state index in [9.17, 15) is 27.2 Å². The number of methoxy groups -OCH3 is 1. The first kappa shape index (κ1) is 24.9. The number of amides is 3. The maximum atomic E-state index is 14.0. The summed E-state index contributed by atoms with van der Waals surface area (Å²) < 4.78 is 57.7. The van der Waals surface area contributed by atoms with Gasteiger partial charge in [0.05, 0.1) is 24.9 Å². The number of nitrogens with one attached hydrogen (secondary N) is 1. The SMILES string of the molecule is COc1ccc2c(c1)[C@]1(SCCN1C(=O)Nc1ccc(F)cc1)C(=O)N2Cc1ccc(C(F)(F)F)cc1. The molecular weight excluding hydrogens is 510 g/mol. The number of urea groups is 1. The van der Waals surface area contributed by atoms with Gasteiger partial charge in [0.25, 0.3) is 5.91 Å². The van der Waals surface area contributed by atoms with Crippen molar-refractivity contribution in [3.63, 3.8) is 0 Å². The van der Waals surface area contributed by atoms with Crippen molar-refractivity contribution in [2.75, 3.05) is 29.6 Å². The molecule has 3 aromatic carbocycles. The first-order valence-corrected chi connectivity index (χ1v) is 12.3. The lowest BCUT2D eigenvalue weighted by molar-refractivity contribution is -0.137. The summed E-state index contributed by atoms with van der Waals surface area (Å²) in [5, 5.41) is 2.73. The molecule has 2 heterocycles. The molecule has 37 heavy (non-hydrogen) atoms. The molecular formula is C26H21F4N3O3S. The highest BCUT2D eigenvalue weighted by molar-refractivity contribution is 8.01. The van der Waals surface area contributed by atoms with E-state index < -0.39 is 28.5 Å². The first-order chi connectivity index (χ1) is 17.6. The van der Waals surface area contributed by atoms with E-state index in [4.69, 9.17) is 4.74 Å². The van der Waals surface area contributed by atoms with Crippen molar-refractivity contribution in [2.45, 2.75) is 17.6 Å². The maximum absolute atomic E-state index is 14.0. The number of fused-ring (bicyclic) bond motifs is 2. The third-order valence-corrected chi connectivity index (χ3v) is 7.78. The van der Waals surface area contributed by atoms with Gasteiger partial charge in [0.1, 0.15) is 11.6 Å². The summed E-state index contributed by atoms with van der Waals surface area (Å²) in [6.45, 7) is 0.292. The van der Waals surface area contributed by atoms with Gasteiger partial charge in [-0.15, -0.1) is 11.8 Å². The number of nitrogens with zero attached hydrogens (tertiary/aromatic N) is 2. The van der Waals surface area contributed by atoms with Crippen LogP contribution in [-0.4, -0.2) is 36.2 Å². The molecule has 0 aromatic heterocycles. The van der Waals surface area contributed by atoms with E-state index in [0.29, 0.717) is 34.0 Å². The molecule has 0 unspecified atom stereocenters. The Kier molecular flexibility index (Phi) is 6.26. The lowest BCUT2D eigenvalue weighted by atomic mass is 10.1. The second kappa shape index (κ2) is 9.29. The third-order valence-electron chi connectivity index (χ3n) is 6.36. The van der Waals surface area contributed by atoms with Crippen LogP contribution in [0.15, 0.2) is 66.7 Å². The number of anilines is 2. The number of alkyl halides is 3. The highest BCUT2D eigenvalue weighted by atomic mass is 32.2. The lowest BCUT2D eigenvalue weighted by Crippen LogP contribution is -2.51. The molecule has 0 radical (unpaired) electrons. The minimum atomic E-state index is -4.46. The van der Waals surface area contributed by atoms with Gasteiger partial charge < -0.3 is 15.0 Å². The molecule has 3 aromatic rings. The maximum Gasteiger partial charge on any atom is 0.416 e. The second-order valence-corrected chi connectivity index (χ2v) is 9.84. The van der Waals surface area contributed by atoms with Crippen LogP contribution in [0.2, 0.25) is 0 Å². The molecule has 2 aliphatic heterocycles. The summed E-state index contributed by atoms with van der Waals surface area (Å²) in [4.78, 5) is 28.9. The van der Waals surface area contributed by atoms with Crippen molar-refractivity contribution < 1.29 is 31.9 Å². The third kappa shape index (κ3) is 4.37. The van der Waals surface area contributed by atoms with Crippen LogP contribution < -0.4 is 15.0 Å². The van der Waals surface area contributed by atoms with Crippen LogP contribution in [-0.2, 0) is 22.4 Å². The van der Waals surface area contributed by atoms with E-state index in [1.54, 1.807) is 18.2 Å². The first-order valence-electron chi connectivity index (χ1n) is 11.3. The summed E-state index contributed by atoms with van der Waals surface area (Å²) in [5.41, 5.74) is 1.20. The van der Waals surface area contributed by atoms with Crippen molar-refractivity contribution >= 4 is 35.1 Å². The number of halogens is 4. The smallest absolute Gasteiger partial charge is 0.416 e. The summed E-state index contributed by atoms with van der Waals surface area (Å²) >= 11 is 1.30. The molecule has 0 aliphatic carbocycles. The molecule has 1 atom stereocenters. The minimum absolute atomic E-state index is 0.0199. The van der Waals surface area contributed by atoms with Gasteiger partial charge in [0.15, 0.2) is 4.87 Å². The molecule has 0 saturated carbocycles. The molecule has 1 N–H and O–H groups in total. The molecule has 1 fully saturated rings. The van der Waals surface area contributed by atoms with Crippen molar-refractivity contribution in [1.29, 1.82) is 0 Å². The Bertz CT molecular complexity index is 1350. The standard InChI is InChI=1S/C26H21F4N3O3S/c1-36-20-10-11-22-21(14-20)25(23(34)32(22)15-16-2-4-17(5-3-16)26(28,29)30)33(12-13-37-25)24(35)31-19-8-6-18(27)7-9-19/h2-11,14H,12-13,15H2,1H3,(H,31,35)/t25-/m0/s1. The van der Waals surface area contributed by atoms with E-state index in [2.05, 4.69) is 5.32 Å². The normalized spacial score (nSPS) is 18.9. The quantitative estimate of drug-likeness (QED) is 0.430. The second-order valence-electron chi connectivity index (χ2n) is 8.55. The predicted molar refractivity (Wildman–Crippen MR) is 132 cm³/mol. The molecule has 192 valence electrons. The zero-order valence-electron chi connectivity index (χ0n) is 19.5. The van der Waals surface area contributed by atoms with Gasteiger partial charge in [-0.05, 0) is 60.2 Å². The number of hydrogen-bond acceptors (Lipinski definition) is 4. The fourth-order valence-electron chi connectivity index (χ4n) is 4.58. The van der Waals surface area contributed by atoms with Gasteiger partial charge in [-0.2, -0.15) is 13.2 Å². The fraction of sp³-hybridized carbons (Fsp3) is 0.231. The number of hydrogen-bond donors (Lipinski definition) is 1. The number of carbonyl (C=O) groups excluding carboxylic acids is 2. The molecule has 1 saturated heterocycles. The fourth-order valence-corrected chi connectivity index (χ4v) is 6.04. The van der Waals surface area contributed by atoms with E-state index in [1.165, 1.54) is 65.1 Å². The number of carbonyl (C=O) groups is 2. The number of ether oxygens (including phenoxy) is 1. The van der Waals surface area contributed by atoms with Crippen molar-refractivity contribution in [1.82, 2.24) is 4.90 Å². The topological polar surface area (TPSA) is 61.9 Å². The van der Waals surface area contributed by atoms with Crippen LogP contribution in [0.1, 0.15) is 16.7 Å². The Balaban J connectivity index is 1.50. The average molecular weight is 532 g/mol. The molecule has 1 spiro atoms. The molecule has 6 nitrogen and oxygen atoms in total. The van der Waals surface area contributed by atoms with Gasteiger partial charge >= 0.3 is 12.2 Å². The van der Waals surface area contributed by atoms with Gasteiger partial charge in [0.2, 0.25) is 0 Å². The summed E-state index contributed by atoms with van der Waals surface area (Å²) in [6.07, 6.45) is -4.46. The molecule has 0 bridgehead atoms. The summed E-state index contributed by atoms with van der Waals surface area (Å²) in [5.74, 6) is 0.145. The van der Waals surface area contributed by atoms with E-state index >= 15 is 0 Å². The zero-order chi connectivity index (χ0) is 26.4. The lowest BCUT2D eigenvalue weighted by Gasteiger charge is -2.33. The largest absolute Gasteiger partial charge is 0.497 e. The molecule has 3 amide bonds. The van der Waals surface area contributed by atoms with E-state index in [-0.39, 0.29) is 19.0 Å². The van der Waals surface area contributed by atoms with Gasteiger partial charge in [-0.3, -0.25) is 9.69 Å².